The lowest BCUT2D eigenvalue weighted by Gasteiger charge is -2.24. The van der Waals surface area contributed by atoms with E-state index in [0.29, 0.717) is 13.0 Å². The Morgan fingerprint density at radius 3 is 2.56 bits per heavy atom. The van der Waals surface area contributed by atoms with Crippen LogP contribution in [-0.2, 0) is 4.79 Å². The smallest absolute Gasteiger partial charge is 0.321 e. The number of hydrogen-bond donors (Lipinski definition) is 1. The van der Waals surface area contributed by atoms with E-state index in [2.05, 4.69) is 0 Å². The summed E-state index contributed by atoms with van der Waals surface area (Å²) >= 11 is 0. The van der Waals surface area contributed by atoms with Crippen molar-refractivity contribution in [1.82, 2.24) is 4.90 Å². The molecule has 2 atom stereocenters. The Balaban J connectivity index is 2.03. The molecule has 1 N–H and O–H groups in total. The van der Waals surface area contributed by atoms with Gasteiger partial charge in [-0.15, -0.1) is 0 Å². The van der Waals surface area contributed by atoms with E-state index >= 15 is 0 Å². The van der Waals surface area contributed by atoms with Crippen molar-refractivity contribution in [2.45, 2.75) is 38.5 Å². The largest absolute Gasteiger partial charge is 0.489 e. The van der Waals surface area contributed by atoms with Gasteiger partial charge in [0.25, 0.3) is 0 Å². The first-order valence-corrected chi connectivity index (χ1v) is 6.28. The number of nitrogens with zero attached hydrogens (tertiary/aromatic N) is 1. The zero-order valence-corrected chi connectivity index (χ0v) is 10.7. The summed E-state index contributed by atoms with van der Waals surface area (Å²) in [4.78, 5) is 13.2. The van der Waals surface area contributed by atoms with E-state index in [1.807, 2.05) is 49.1 Å². The molecule has 0 aromatic heterocycles. The quantitative estimate of drug-likeness (QED) is 0.886. The number of carboxylic acid groups (broad SMARTS) is 1. The molecular formula is C14H19NO3. The minimum Gasteiger partial charge on any atom is -0.489 e. The Morgan fingerprint density at radius 1 is 1.39 bits per heavy atom. The maximum Gasteiger partial charge on any atom is 0.321 e. The maximum atomic E-state index is 11.2. The average molecular weight is 249 g/mol. The first-order chi connectivity index (χ1) is 8.58. The fraction of sp³-hybridized carbons (Fsp3) is 0.500. The average Bonchev–Trinajstić information content (AvgIpc) is 2.74. The van der Waals surface area contributed by atoms with Crippen LogP contribution >= 0.6 is 0 Å². The van der Waals surface area contributed by atoms with Gasteiger partial charge >= 0.3 is 5.97 Å². The zero-order valence-electron chi connectivity index (χ0n) is 10.7. The Hall–Kier alpha value is -1.55. The van der Waals surface area contributed by atoms with Crippen LogP contribution in [0.25, 0.3) is 0 Å². The van der Waals surface area contributed by atoms with Crippen LogP contribution in [0.4, 0.5) is 0 Å². The van der Waals surface area contributed by atoms with Gasteiger partial charge in [0.2, 0.25) is 0 Å². The SMILES string of the molecule is CC(C)N1C[C@H](Oc2ccccc2)C[C@H]1C(=O)O. The first-order valence-electron chi connectivity index (χ1n) is 6.28. The molecule has 4 heteroatoms. The maximum absolute atomic E-state index is 11.2. The van der Waals surface area contributed by atoms with Crippen LogP contribution in [0.5, 0.6) is 5.75 Å². The standard InChI is InChI=1S/C14H19NO3/c1-10(2)15-9-12(8-13(15)14(16)17)18-11-6-4-3-5-7-11/h3-7,10,12-13H,8-9H2,1-2H3,(H,16,17)/t12-,13+/m1/s1. The molecule has 18 heavy (non-hydrogen) atoms. The van der Waals surface area contributed by atoms with Crippen molar-refractivity contribution >= 4 is 5.97 Å². The van der Waals surface area contributed by atoms with Gasteiger partial charge in [0.05, 0.1) is 0 Å². The van der Waals surface area contributed by atoms with Crippen molar-refractivity contribution in [3.63, 3.8) is 0 Å². The third-order valence-corrected chi connectivity index (χ3v) is 3.30. The number of rotatable bonds is 4. The van der Waals surface area contributed by atoms with Crippen LogP contribution in [-0.4, -0.2) is 40.7 Å². The summed E-state index contributed by atoms with van der Waals surface area (Å²) in [7, 11) is 0. The molecule has 1 aliphatic rings. The Morgan fingerprint density at radius 2 is 2.06 bits per heavy atom. The second-order valence-corrected chi connectivity index (χ2v) is 4.93. The van der Waals surface area contributed by atoms with Gasteiger partial charge in [0.1, 0.15) is 17.9 Å². The Labute approximate surface area is 107 Å². The predicted octanol–water partition coefficient (Wildman–Crippen LogP) is 2.00. The number of likely N-dealkylation sites (tertiary alicyclic amines) is 1. The van der Waals surface area contributed by atoms with Gasteiger partial charge in [-0.3, -0.25) is 9.69 Å². The van der Waals surface area contributed by atoms with E-state index in [0.717, 1.165) is 5.75 Å². The molecule has 0 radical (unpaired) electrons. The second kappa shape index (κ2) is 5.40. The van der Waals surface area contributed by atoms with Crippen molar-refractivity contribution in [3.8, 4) is 5.75 Å². The highest BCUT2D eigenvalue weighted by molar-refractivity contribution is 5.74. The molecule has 0 bridgehead atoms. The monoisotopic (exact) mass is 249 g/mol. The van der Waals surface area contributed by atoms with Crippen LogP contribution in [0.2, 0.25) is 0 Å². The summed E-state index contributed by atoms with van der Waals surface area (Å²) in [6.45, 7) is 4.70. The molecule has 0 saturated carbocycles. The van der Waals surface area contributed by atoms with Crippen molar-refractivity contribution in [2.75, 3.05) is 6.54 Å². The molecule has 1 fully saturated rings. The van der Waals surface area contributed by atoms with Crippen molar-refractivity contribution < 1.29 is 14.6 Å². The summed E-state index contributed by atoms with van der Waals surface area (Å²) in [6.07, 6.45) is 0.499. The highest BCUT2D eigenvalue weighted by Gasteiger charge is 2.39. The molecule has 1 aromatic rings. The Bertz CT molecular complexity index is 405. The van der Waals surface area contributed by atoms with Crippen LogP contribution in [0, 0.1) is 0 Å². The van der Waals surface area contributed by atoms with Gasteiger partial charge in [-0.1, -0.05) is 18.2 Å². The molecule has 1 saturated heterocycles. The number of aliphatic carboxylic acids is 1. The molecule has 0 unspecified atom stereocenters. The van der Waals surface area contributed by atoms with Gasteiger partial charge in [0, 0.05) is 19.0 Å². The lowest BCUT2D eigenvalue weighted by molar-refractivity contribution is -0.142. The van der Waals surface area contributed by atoms with Crippen molar-refractivity contribution in [3.05, 3.63) is 30.3 Å². The number of ether oxygens (including phenoxy) is 1. The van der Waals surface area contributed by atoms with Crippen LogP contribution in [0.15, 0.2) is 30.3 Å². The zero-order chi connectivity index (χ0) is 13.1. The van der Waals surface area contributed by atoms with E-state index in [1.54, 1.807) is 0 Å². The Kier molecular flexibility index (Phi) is 3.87. The van der Waals surface area contributed by atoms with E-state index in [-0.39, 0.29) is 12.1 Å². The van der Waals surface area contributed by atoms with Crippen molar-refractivity contribution in [1.29, 1.82) is 0 Å². The van der Waals surface area contributed by atoms with Crippen LogP contribution < -0.4 is 4.74 Å². The summed E-state index contributed by atoms with van der Waals surface area (Å²) in [5.41, 5.74) is 0. The van der Waals surface area contributed by atoms with Gasteiger partial charge in [-0.05, 0) is 26.0 Å². The minimum absolute atomic E-state index is 0.0455. The summed E-state index contributed by atoms with van der Waals surface area (Å²) in [5.74, 6) is 0.0418. The predicted molar refractivity (Wildman–Crippen MR) is 68.7 cm³/mol. The molecule has 0 amide bonds. The topological polar surface area (TPSA) is 49.8 Å². The molecule has 1 heterocycles. The lowest BCUT2D eigenvalue weighted by atomic mass is 10.2. The molecule has 0 aliphatic carbocycles. The highest BCUT2D eigenvalue weighted by Crippen LogP contribution is 2.24. The van der Waals surface area contributed by atoms with E-state index in [4.69, 9.17) is 4.74 Å². The minimum atomic E-state index is -0.761. The highest BCUT2D eigenvalue weighted by atomic mass is 16.5. The third-order valence-electron chi connectivity index (χ3n) is 3.30. The third kappa shape index (κ3) is 2.82. The van der Waals surface area contributed by atoms with Crippen molar-refractivity contribution in [2.24, 2.45) is 0 Å². The number of hydrogen-bond acceptors (Lipinski definition) is 3. The van der Waals surface area contributed by atoms with Gasteiger partial charge in [-0.25, -0.2) is 0 Å². The van der Waals surface area contributed by atoms with E-state index in [1.165, 1.54) is 0 Å². The molecular weight excluding hydrogens is 230 g/mol. The number of carbonyl (C=O) groups is 1. The van der Waals surface area contributed by atoms with Crippen LogP contribution in [0.3, 0.4) is 0 Å². The number of para-hydroxylation sites is 1. The number of carboxylic acids is 1. The van der Waals surface area contributed by atoms with Gasteiger partial charge in [-0.2, -0.15) is 0 Å². The number of benzene rings is 1. The summed E-state index contributed by atoms with van der Waals surface area (Å²) in [5, 5.41) is 9.22. The van der Waals surface area contributed by atoms with Crippen LogP contribution in [0.1, 0.15) is 20.3 Å². The molecule has 98 valence electrons. The fourth-order valence-electron chi connectivity index (χ4n) is 2.41. The molecule has 2 rings (SSSR count). The molecule has 0 spiro atoms. The molecule has 4 nitrogen and oxygen atoms in total. The first kappa shape index (κ1) is 12.9. The van der Waals surface area contributed by atoms with E-state index < -0.39 is 12.0 Å². The normalized spacial score (nSPS) is 24.4. The van der Waals surface area contributed by atoms with Gasteiger partial charge in [0.15, 0.2) is 0 Å². The summed E-state index contributed by atoms with van der Waals surface area (Å²) in [6, 6.07) is 9.34. The van der Waals surface area contributed by atoms with E-state index in [9.17, 15) is 9.90 Å². The fourth-order valence-corrected chi connectivity index (χ4v) is 2.41. The molecule has 1 aromatic carbocycles. The second-order valence-electron chi connectivity index (χ2n) is 4.93. The summed E-state index contributed by atoms with van der Waals surface area (Å²) < 4.78 is 5.83. The lowest BCUT2D eigenvalue weighted by Crippen LogP contribution is -2.40. The van der Waals surface area contributed by atoms with Gasteiger partial charge < -0.3 is 9.84 Å². The molecule has 1 aliphatic heterocycles.